The standard InChI is InChI=1S/C21H42N2O2/c1-5-7-9-10-11-12-13-14-15-16-19(24)23-20(18(3)4)21(25)22-17-8-6-2/h18,20H,5-17H2,1-4H3,(H,22,25)(H,23,24)/t20-/m0/s1. The minimum Gasteiger partial charge on any atom is -0.354 e. The zero-order chi connectivity index (χ0) is 18.9. The summed E-state index contributed by atoms with van der Waals surface area (Å²) in [6.45, 7) is 8.97. The summed E-state index contributed by atoms with van der Waals surface area (Å²) in [6.07, 6.45) is 13.7. The lowest BCUT2D eigenvalue weighted by atomic mass is 10.0. The molecule has 0 radical (unpaired) electrons. The molecule has 25 heavy (non-hydrogen) atoms. The van der Waals surface area contributed by atoms with E-state index in [1.165, 1.54) is 44.9 Å². The second-order valence-corrected chi connectivity index (χ2v) is 7.51. The van der Waals surface area contributed by atoms with E-state index < -0.39 is 6.04 Å². The fourth-order valence-electron chi connectivity index (χ4n) is 2.88. The van der Waals surface area contributed by atoms with Gasteiger partial charge in [-0.1, -0.05) is 85.5 Å². The number of amides is 2. The summed E-state index contributed by atoms with van der Waals surface area (Å²) in [5.41, 5.74) is 0. The predicted molar refractivity (Wildman–Crippen MR) is 107 cm³/mol. The van der Waals surface area contributed by atoms with Crippen molar-refractivity contribution < 1.29 is 9.59 Å². The van der Waals surface area contributed by atoms with E-state index in [0.717, 1.165) is 25.7 Å². The average molecular weight is 355 g/mol. The lowest BCUT2D eigenvalue weighted by Gasteiger charge is -2.21. The minimum absolute atomic E-state index is 0.00675. The van der Waals surface area contributed by atoms with Crippen LogP contribution in [0.2, 0.25) is 0 Å². The first-order chi connectivity index (χ1) is 12.0. The van der Waals surface area contributed by atoms with Gasteiger partial charge in [-0.15, -0.1) is 0 Å². The highest BCUT2D eigenvalue weighted by atomic mass is 16.2. The van der Waals surface area contributed by atoms with Crippen LogP contribution in [0.3, 0.4) is 0 Å². The Morgan fingerprint density at radius 1 is 0.760 bits per heavy atom. The molecule has 0 unspecified atom stereocenters. The summed E-state index contributed by atoms with van der Waals surface area (Å²) in [5.74, 6) is 0.0601. The zero-order valence-electron chi connectivity index (χ0n) is 17.2. The van der Waals surface area contributed by atoms with Crippen LogP contribution < -0.4 is 10.6 Å². The molecule has 4 heteroatoms. The van der Waals surface area contributed by atoms with Crippen molar-refractivity contribution in [1.29, 1.82) is 0 Å². The van der Waals surface area contributed by atoms with E-state index in [1.807, 2.05) is 13.8 Å². The van der Waals surface area contributed by atoms with Gasteiger partial charge in [0.15, 0.2) is 0 Å². The summed E-state index contributed by atoms with van der Waals surface area (Å²) < 4.78 is 0. The number of hydrogen-bond acceptors (Lipinski definition) is 2. The Labute approximate surface area is 155 Å². The van der Waals surface area contributed by atoms with Crippen molar-refractivity contribution in [3.63, 3.8) is 0 Å². The maximum Gasteiger partial charge on any atom is 0.242 e. The molecule has 0 bridgehead atoms. The first kappa shape index (κ1) is 23.9. The van der Waals surface area contributed by atoms with Crippen LogP contribution in [0.15, 0.2) is 0 Å². The van der Waals surface area contributed by atoms with E-state index in [0.29, 0.717) is 13.0 Å². The summed E-state index contributed by atoms with van der Waals surface area (Å²) in [4.78, 5) is 24.3. The van der Waals surface area contributed by atoms with Crippen LogP contribution in [0.5, 0.6) is 0 Å². The quantitative estimate of drug-likeness (QED) is 0.385. The molecule has 2 amide bonds. The minimum atomic E-state index is -0.414. The monoisotopic (exact) mass is 354 g/mol. The zero-order valence-corrected chi connectivity index (χ0v) is 17.2. The number of carbonyl (C=O) groups is 2. The highest BCUT2D eigenvalue weighted by Gasteiger charge is 2.23. The van der Waals surface area contributed by atoms with E-state index in [9.17, 15) is 9.59 Å². The van der Waals surface area contributed by atoms with Crippen molar-refractivity contribution in [3.8, 4) is 0 Å². The Bertz CT molecular complexity index is 343. The Morgan fingerprint density at radius 2 is 1.28 bits per heavy atom. The van der Waals surface area contributed by atoms with Crippen LogP contribution in [0.4, 0.5) is 0 Å². The lowest BCUT2D eigenvalue weighted by molar-refractivity contribution is -0.130. The van der Waals surface area contributed by atoms with Gasteiger partial charge in [0.1, 0.15) is 6.04 Å². The van der Waals surface area contributed by atoms with Crippen molar-refractivity contribution in [2.75, 3.05) is 6.54 Å². The molecular weight excluding hydrogens is 312 g/mol. The molecule has 2 N–H and O–H groups in total. The molecule has 0 aromatic rings. The fraction of sp³-hybridized carbons (Fsp3) is 0.905. The van der Waals surface area contributed by atoms with Gasteiger partial charge in [-0.2, -0.15) is 0 Å². The van der Waals surface area contributed by atoms with E-state index >= 15 is 0 Å². The summed E-state index contributed by atoms with van der Waals surface area (Å²) in [7, 11) is 0. The molecule has 0 aromatic carbocycles. The number of unbranched alkanes of at least 4 members (excludes halogenated alkanes) is 9. The normalized spacial score (nSPS) is 12.2. The number of carbonyl (C=O) groups excluding carboxylic acids is 2. The maximum absolute atomic E-state index is 12.2. The van der Waals surface area contributed by atoms with Crippen LogP contribution in [-0.2, 0) is 9.59 Å². The molecular formula is C21H42N2O2. The van der Waals surface area contributed by atoms with E-state index in [2.05, 4.69) is 24.5 Å². The predicted octanol–water partition coefficient (Wildman–Crippen LogP) is 4.96. The highest BCUT2D eigenvalue weighted by Crippen LogP contribution is 2.11. The third-order valence-electron chi connectivity index (χ3n) is 4.60. The van der Waals surface area contributed by atoms with Gasteiger partial charge >= 0.3 is 0 Å². The molecule has 4 nitrogen and oxygen atoms in total. The van der Waals surface area contributed by atoms with Crippen LogP contribution in [0, 0.1) is 5.92 Å². The Balaban J connectivity index is 3.83. The largest absolute Gasteiger partial charge is 0.354 e. The Morgan fingerprint density at radius 3 is 1.80 bits per heavy atom. The van der Waals surface area contributed by atoms with E-state index in [1.54, 1.807) is 0 Å². The topological polar surface area (TPSA) is 58.2 Å². The van der Waals surface area contributed by atoms with Crippen molar-refractivity contribution in [2.45, 2.75) is 111 Å². The van der Waals surface area contributed by atoms with Gasteiger partial charge in [0.2, 0.25) is 11.8 Å². The van der Waals surface area contributed by atoms with Crippen molar-refractivity contribution in [1.82, 2.24) is 10.6 Å². The van der Waals surface area contributed by atoms with Crippen molar-refractivity contribution in [3.05, 3.63) is 0 Å². The summed E-state index contributed by atoms with van der Waals surface area (Å²) >= 11 is 0. The molecule has 0 saturated carbocycles. The van der Waals surface area contributed by atoms with E-state index in [4.69, 9.17) is 0 Å². The average Bonchev–Trinajstić information content (AvgIpc) is 2.58. The van der Waals surface area contributed by atoms with Crippen LogP contribution in [0.25, 0.3) is 0 Å². The van der Waals surface area contributed by atoms with Gasteiger partial charge in [0, 0.05) is 13.0 Å². The molecule has 0 spiro atoms. The van der Waals surface area contributed by atoms with Crippen molar-refractivity contribution in [2.24, 2.45) is 5.92 Å². The van der Waals surface area contributed by atoms with Gasteiger partial charge in [0.05, 0.1) is 0 Å². The Kier molecular flexibility index (Phi) is 15.7. The van der Waals surface area contributed by atoms with E-state index in [-0.39, 0.29) is 17.7 Å². The molecule has 0 rings (SSSR count). The van der Waals surface area contributed by atoms with Gasteiger partial charge in [-0.05, 0) is 18.8 Å². The second kappa shape index (κ2) is 16.4. The van der Waals surface area contributed by atoms with Gasteiger partial charge in [-0.3, -0.25) is 9.59 Å². The third-order valence-corrected chi connectivity index (χ3v) is 4.60. The number of hydrogen-bond donors (Lipinski definition) is 2. The second-order valence-electron chi connectivity index (χ2n) is 7.51. The lowest BCUT2D eigenvalue weighted by Crippen LogP contribution is -2.49. The molecule has 0 saturated heterocycles. The van der Waals surface area contributed by atoms with Crippen molar-refractivity contribution >= 4 is 11.8 Å². The molecule has 148 valence electrons. The first-order valence-corrected chi connectivity index (χ1v) is 10.6. The van der Waals surface area contributed by atoms with Crippen LogP contribution in [-0.4, -0.2) is 24.4 Å². The smallest absolute Gasteiger partial charge is 0.242 e. The summed E-state index contributed by atoms with van der Waals surface area (Å²) in [6, 6.07) is -0.414. The molecule has 0 aliphatic heterocycles. The first-order valence-electron chi connectivity index (χ1n) is 10.6. The highest BCUT2D eigenvalue weighted by molar-refractivity contribution is 5.87. The van der Waals surface area contributed by atoms with Crippen LogP contribution >= 0.6 is 0 Å². The van der Waals surface area contributed by atoms with Crippen LogP contribution in [0.1, 0.15) is 105 Å². The number of nitrogens with one attached hydrogen (secondary N) is 2. The SMILES string of the molecule is CCCCCCCCCCCC(=O)N[C@H](C(=O)NCCCC)C(C)C. The third kappa shape index (κ3) is 13.9. The molecule has 0 heterocycles. The molecule has 0 aromatic heterocycles. The maximum atomic E-state index is 12.2. The molecule has 0 fully saturated rings. The Hall–Kier alpha value is -1.06. The molecule has 1 atom stereocenters. The van der Waals surface area contributed by atoms with Gasteiger partial charge in [0.25, 0.3) is 0 Å². The number of rotatable bonds is 16. The molecule has 0 aliphatic carbocycles. The van der Waals surface area contributed by atoms with Gasteiger partial charge < -0.3 is 10.6 Å². The summed E-state index contributed by atoms with van der Waals surface area (Å²) in [5, 5.41) is 5.84. The van der Waals surface area contributed by atoms with Gasteiger partial charge in [-0.25, -0.2) is 0 Å². The fourth-order valence-corrected chi connectivity index (χ4v) is 2.88. The molecule has 0 aliphatic rings.